The summed E-state index contributed by atoms with van der Waals surface area (Å²) in [7, 11) is 0. The van der Waals surface area contributed by atoms with Gasteiger partial charge in [-0.3, -0.25) is 4.98 Å². The fourth-order valence-corrected chi connectivity index (χ4v) is 5.09. The minimum atomic E-state index is -0.582. The number of hydrogen-bond acceptors (Lipinski definition) is 7. The second kappa shape index (κ2) is 9.08. The highest BCUT2D eigenvalue weighted by atomic mass is 35.5. The Hall–Kier alpha value is -2.42. The topological polar surface area (TPSA) is 99.7 Å². The smallest absolute Gasteiger partial charge is 0.166 e. The van der Waals surface area contributed by atoms with Crippen molar-refractivity contribution < 1.29 is 19.3 Å². The molecule has 0 bridgehead atoms. The fraction of sp³-hybridized carbons (Fsp3) is 0.333. The summed E-state index contributed by atoms with van der Waals surface area (Å²) in [6, 6.07) is 11.1. The van der Waals surface area contributed by atoms with Gasteiger partial charge < -0.3 is 25.1 Å². The number of anilines is 1. The van der Waals surface area contributed by atoms with E-state index in [1.54, 1.807) is 30.6 Å². The molecule has 2 aliphatic heterocycles. The molecule has 0 saturated carbocycles. The van der Waals surface area contributed by atoms with Crippen LogP contribution >= 0.6 is 23.2 Å². The van der Waals surface area contributed by atoms with Gasteiger partial charge in [-0.2, -0.15) is 0 Å². The van der Waals surface area contributed by atoms with E-state index in [0.717, 1.165) is 16.8 Å². The monoisotopic (exact) mass is 487 g/mol. The Morgan fingerprint density at radius 3 is 2.48 bits per heavy atom. The van der Waals surface area contributed by atoms with Crippen LogP contribution < -0.4 is 10.5 Å². The number of aromatic nitrogens is 2. The van der Waals surface area contributed by atoms with Gasteiger partial charge in [-0.15, -0.1) is 0 Å². The van der Waals surface area contributed by atoms with Crippen molar-refractivity contribution in [3.05, 3.63) is 70.1 Å². The molecule has 0 aliphatic carbocycles. The van der Waals surface area contributed by atoms with Gasteiger partial charge >= 0.3 is 0 Å². The molecule has 0 spiro atoms. The number of nitrogen functional groups attached to an aromatic ring is 1. The Labute approximate surface area is 201 Å². The summed E-state index contributed by atoms with van der Waals surface area (Å²) in [5, 5.41) is 11.0. The lowest BCUT2D eigenvalue weighted by atomic mass is 9.96. The number of benzene rings is 1. The molecule has 172 valence electrons. The molecule has 5 rings (SSSR count). The maximum atomic E-state index is 9.96. The highest BCUT2D eigenvalue weighted by molar-refractivity contribution is 6.36. The molecule has 2 saturated heterocycles. The van der Waals surface area contributed by atoms with E-state index in [9.17, 15) is 5.11 Å². The van der Waals surface area contributed by atoms with E-state index < -0.39 is 12.2 Å². The molecule has 4 heterocycles. The molecule has 2 aliphatic rings. The number of fused-ring (bicyclic) bond motifs is 1. The lowest BCUT2D eigenvalue weighted by Gasteiger charge is -2.19. The van der Waals surface area contributed by atoms with Gasteiger partial charge in [0.15, 0.2) is 11.6 Å². The molecule has 33 heavy (non-hydrogen) atoms. The first-order valence-corrected chi connectivity index (χ1v) is 11.4. The second-order valence-corrected chi connectivity index (χ2v) is 9.06. The average Bonchev–Trinajstić information content (AvgIpc) is 3.38. The Morgan fingerprint density at radius 2 is 1.76 bits per heavy atom. The molecule has 9 heteroatoms. The summed E-state index contributed by atoms with van der Waals surface area (Å²) >= 11 is 12.6. The van der Waals surface area contributed by atoms with Crippen LogP contribution in [0.25, 0.3) is 11.1 Å². The molecule has 0 radical (unpaired) electrons. The van der Waals surface area contributed by atoms with Gasteiger partial charge in [-0.1, -0.05) is 35.3 Å². The summed E-state index contributed by atoms with van der Waals surface area (Å²) < 4.78 is 17.5. The number of hydrogen-bond donors (Lipinski definition) is 2. The van der Waals surface area contributed by atoms with Gasteiger partial charge in [0.25, 0.3) is 0 Å². The van der Waals surface area contributed by atoms with Crippen molar-refractivity contribution in [1.29, 1.82) is 0 Å². The number of rotatable bonds is 5. The first-order valence-electron chi connectivity index (χ1n) is 10.7. The highest BCUT2D eigenvalue weighted by Gasteiger charge is 2.48. The van der Waals surface area contributed by atoms with Crippen molar-refractivity contribution in [2.75, 3.05) is 18.9 Å². The van der Waals surface area contributed by atoms with Gasteiger partial charge in [-0.05, 0) is 31.2 Å². The summed E-state index contributed by atoms with van der Waals surface area (Å²) in [6.45, 7) is 2.62. The van der Waals surface area contributed by atoms with E-state index >= 15 is 0 Å². The van der Waals surface area contributed by atoms with E-state index in [1.165, 1.54) is 0 Å². The Balaban J connectivity index is 1.36. The quantitative estimate of drug-likeness (QED) is 0.549. The van der Waals surface area contributed by atoms with E-state index in [4.69, 9.17) is 43.1 Å². The zero-order chi connectivity index (χ0) is 23.1. The fourth-order valence-electron chi connectivity index (χ4n) is 4.38. The predicted octanol–water partition coefficient (Wildman–Crippen LogP) is 4.41. The van der Waals surface area contributed by atoms with E-state index in [0.29, 0.717) is 34.6 Å². The van der Waals surface area contributed by atoms with Crippen LogP contribution in [0.5, 0.6) is 5.75 Å². The van der Waals surface area contributed by atoms with Crippen molar-refractivity contribution in [3.63, 3.8) is 0 Å². The van der Waals surface area contributed by atoms with Gasteiger partial charge in [-0.25, -0.2) is 4.98 Å². The number of halogens is 2. The molecule has 2 fully saturated rings. The number of nitrogens with zero attached hydrogens (tertiary/aromatic N) is 2. The molecule has 1 aromatic carbocycles. The minimum Gasteiger partial charge on any atom is -0.482 e. The van der Waals surface area contributed by atoms with Crippen LogP contribution in [0.3, 0.4) is 0 Å². The largest absolute Gasteiger partial charge is 0.482 e. The van der Waals surface area contributed by atoms with Crippen LogP contribution in [-0.4, -0.2) is 46.6 Å². The molecular weight excluding hydrogens is 465 g/mol. The number of aliphatic hydroxyl groups is 1. The van der Waals surface area contributed by atoms with E-state index in [2.05, 4.69) is 9.97 Å². The summed E-state index contributed by atoms with van der Waals surface area (Å²) in [6.07, 6.45) is 1.99. The lowest BCUT2D eigenvalue weighted by Crippen LogP contribution is -2.28. The van der Waals surface area contributed by atoms with Crippen LogP contribution in [0.2, 0.25) is 10.0 Å². The number of aliphatic hydroxyl groups excluding tert-OH is 1. The highest BCUT2D eigenvalue weighted by Crippen LogP contribution is 2.38. The van der Waals surface area contributed by atoms with Crippen molar-refractivity contribution in [2.45, 2.75) is 37.3 Å². The number of pyridine rings is 2. The Kier molecular flexibility index (Phi) is 6.16. The first-order chi connectivity index (χ1) is 15.9. The van der Waals surface area contributed by atoms with Crippen LogP contribution in [-0.2, 0) is 9.47 Å². The number of ether oxygens (including phenoxy) is 3. The molecule has 0 amide bonds. The zero-order valence-electron chi connectivity index (χ0n) is 17.8. The first kappa shape index (κ1) is 22.4. The molecule has 7 nitrogen and oxygen atoms in total. The van der Waals surface area contributed by atoms with Gasteiger partial charge in [0.1, 0.15) is 18.3 Å². The SMILES string of the molecule is CC(Oc1cc(-c2ccc(C3COC4C3OC[C@H]4O)nc2)cnc1N)c1c(Cl)cccc1Cl. The third-order valence-electron chi connectivity index (χ3n) is 6.12. The van der Waals surface area contributed by atoms with Crippen LogP contribution in [0.1, 0.15) is 30.2 Å². The van der Waals surface area contributed by atoms with Gasteiger partial charge in [0.2, 0.25) is 0 Å². The molecule has 2 aromatic heterocycles. The number of nitrogens with two attached hydrogens (primary N) is 1. The Morgan fingerprint density at radius 1 is 1.03 bits per heavy atom. The normalized spacial score (nSPS) is 25.1. The van der Waals surface area contributed by atoms with Crippen LogP contribution in [0.4, 0.5) is 5.82 Å². The maximum Gasteiger partial charge on any atom is 0.166 e. The molecule has 5 atom stereocenters. The van der Waals surface area contributed by atoms with Gasteiger partial charge in [0, 0.05) is 44.8 Å². The van der Waals surface area contributed by atoms with Crippen LogP contribution in [0.15, 0.2) is 48.8 Å². The summed E-state index contributed by atoms with van der Waals surface area (Å²) in [5.41, 5.74) is 9.30. The van der Waals surface area contributed by atoms with Crippen molar-refractivity contribution in [2.24, 2.45) is 0 Å². The predicted molar refractivity (Wildman–Crippen MR) is 126 cm³/mol. The van der Waals surface area contributed by atoms with Gasteiger partial charge in [0.05, 0.1) is 25.2 Å². The third kappa shape index (κ3) is 4.27. The Bertz CT molecular complexity index is 1140. The molecular formula is C24H23Cl2N3O4. The van der Waals surface area contributed by atoms with Crippen molar-refractivity contribution in [1.82, 2.24) is 9.97 Å². The molecule has 3 aromatic rings. The van der Waals surface area contributed by atoms with Crippen molar-refractivity contribution in [3.8, 4) is 16.9 Å². The van der Waals surface area contributed by atoms with E-state index in [1.807, 2.05) is 25.1 Å². The van der Waals surface area contributed by atoms with Crippen molar-refractivity contribution >= 4 is 29.0 Å². The summed E-state index contributed by atoms with van der Waals surface area (Å²) in [5.74, 6) is 0.690. The average molecular weight is 488 g/mol. The van der Waals surface area contributed by atoms with E-state index in [-0.39, 0.29) is 23.9 Å². The zero-order valence-corrected chi connectivity index (χ0v) is 19.3. The third-order valence-corrected chi connectivity index (χ3v) is 6.78. The second-order valence-electron chi connectivity index (χ2n) is 8.24. The lowest BCUT2D eigenvalue weighted by molar-refractivity contribution is 0.0181. The summed E-state index contributed by atoms with van der Waals surface area (Å²) in [4.78, 5) is 8.92. The maximum absolute atomic E-state index is 9.96. The molecule has 4 unspecified atom stereocenters. The minimum absolute atomic E-state index is 0.00847. The molecule has 3 N–H and O–H groups in total. The standard InChI is InChI=1S/C24H23Cl2N3O4/c1-12(21-16(25)3-2-4-17(21)26)33-20-7-14(9-29-24(20)27)13-5-6-18(28-8-13)15-10-31-23-19(30)11-32-22(15)23/h2-9,12,15,19,22-23,30H,10-11H2,1H3,(H2,27,29)/t12?,15?,19-,22?,23?/m1/s1. The van der Waals surface area contributed by atoms with Crippen LogP contribution in [0, 0.1) is 0 Å².